The first-order valence-electron chi connectivity index (χ1n) is 10.7. The summed E-state index contributed by atoms with van der Waals surface area (Å²) in [6, 6.07) is 20.5. The summed E-state index contributed by atoms with van der Waals surface area (Å²) < 4.78 is 20.1. The summed E-state index contributed by atoms with van der Waals surface area (Å²) >= 11 is 0. The number of carbonyl (C=O) groups is 1. The summed E-state index contributed by atoms with van der Waals surface area (Å²) in [7, 11) is 0. The van der Waals surface area contributed by atoms with Crippen molar-refractivity contribution in [3.63, 3.8) is 0 Å². The third-order valence-corrected chi connectivity index (χ3v) is 5.89. The van der Waals surface area contributed by atoms with Gasteiger partial charge < -0.3 is 4.74 Å². The van der Waals surface area contributed by atoms with Crippen LogP contribution in [0.4, 0.5) is 4.39 Å². The van der Waals surface area contributed by atoms with Gasteiger partial charge in [-0.3, -0.25) is 4.79 Å². The average molecular weight is 403 g/mol. The summed E-state index contributed by atoms with van der Waals surface area (Å²) in [6.07, 6.45) is 3.90. The molecule has 0 aromatic heterocycles. The minimum Gasteiger partial charge on any atom is -0.423 e. The Morgan fingerprint density at radius 1 is 0.900 bits per heavy atom. The van der Waals surface area contributed by atoms with Crippen LogP contribution in [0.25, 0.3) is 0 Å². The van der Waals surface area contributed by atoms with E-state index >= 15 is 0 Å². The van der Waals surface area contributed by atoms with Crippen LogP contribution < -0.4 is 4.74 Å². The van der Waals surface area contributed by atoms with Crippen molar-refractivity contribution in [2.45, 2.75) is 51.9 Å². The third-order valence-electron chi connectivity index (χ3n) is 5.89. The molecular formula is C27H27FO2. The van der Waals surface area contributed by atoms with Crippen LogP contribution in [-0.4, -0.2) is 5.97 Å². The van der Waals surface area contributed by atoms with Gasteiger partial charge in [0.15, 0.2) is 11.6 Å². The molecule has 0 saturated heterocycles. The van der Waals surface area contributed by atoms with Gasteiger partial charge in [0.2, 0.25) is 0 Å². The van der Waals surface area contributed by atoms with E-state index in [4.69, 9.17) is 4.74 Å². The SMILES string of the molecule is CCCc1ccc2c(c1F)OC(=O)C(c1ccc(CCc3ccc(C)cc3)cc1)C2. The molecule has 0 amide bonds. The van der Waals surface area contributed by atoms with Crippen molar-refractivity contribution < 1.29 is 13.9 Å². The van der Waals surface area contributed by atoms with Gasteiger partial charge in [0.25, 0.3) is 0 Å². The van der Waals surface area contributed by atoms with E-state index in [1.807, 2.05) is 31.2 Å². The van der Waals surface area contributed by atoms with E-state index in [0.29, 0.717) is 18.4 Å². The largest absolute Gasteiger partial charge is 0.423 e. The molecule has 1 aliphatic heterocycles. The number of hydrogen-bond donors (Lipinski definition) is 0. The van der Waals surface area contributed by atoms with Crippen molar-refractivity contribution in [3.8, 4) is 5.75 Å². The highest BCUT2D eigenvalue weighted by atomic mass is 19.1. The van der Waals surface area contributed by atoms with Crippen LogP contribution in [0.2, 0.25) is 0 Å². The van der Waals surface area contributed by atoms with Crippen LogP contribution in [0.3, 0.4) is 0 Å². The summed E-state index contributed by atoms with van der Waals surface area (Å²) in [6.45, 7) is 4.10. The molecule has 3 heteroatoms. The lowest BCUT2D eigenvalue weighted by molar-refractivity contribution is -0.137. The third kappa shape index (κ3) is 4.30. The number of ether oxygens (including phenoxy) is 1. The van der Waals surface area contributed by atoms with E-state index in [1.54, 1.807) is 0 Å². The van der Waals surface area contributed by atoms with Crippen molar-refractivity contribution in [1.82, 2.24) is 0 Å². The quantitative estimate of drug-likeness (QED) is 0.367. The molecule has 1 atom stereocenters. The second kappa shape index (κ2) is 8.83. The second-order valence-corrected chi connectivity index (χ2v) is 8.18. The van der Waals surface area contributed by atoms with Crippen LogP contribution >= 0.6 is 0 Å². The molecule has 0 N–H and O–H groups in total. The van der Waals surface area contributed by atoms with Crippen LogP contribution in [0.15, 0.2) is 60.7 Å². The van der Waals surface area contributed by atoms with Crippen molar-refractivity contribution in [1.29, 1.82) is 0 Å². The van der Waals surface area contributed by atoms with Gasteiger partial charge in [0.1, 0.15) is 0 Å². The molecule has 3 aromatic rings. The van der Waals surface area contributed by atoms with E-state index in [-0.39, 0.29) is 23.5 Å². The molecule has 0 saturated carbocycles. The number of carbonyl (C=O) groups excluding carboxylic acids is 1. The molecule has 0 radical (unpaired) electrons. The zero-order chi connectivity index (χ0) is 21.1. The Morgan fingerprint density at radius 2 is 1.53 bits per heavy atom. The first-order valence-corrected chi connectivity index (χ1v) is 10.7. The van der Waals surface area contributed by atoms with E-state index in [9.17, 15) is 9.18 Å². The maximum atomic E-state index is 14.7. The zero-order valence-electron chi connectivity index (χ0n) is 17.6. The summed E-state index contributed by atoms with van der Waals surface area (Å²) in [5, 5.41) is 0. The highest BCUT2D eigenvalue weighted by Gasteiger charge is 2.32. The monoisotopic (exact) mass is 402 g/mol. The van der Waals surface area contributed by atoms with Gasteiger partial charge in [-0.05, 0) is 60.4 Å². The molecule has 1 aliphatic rings. The molecule has 4 rings (SSSR count). The van der Waals surface area contributed by atoms with Crippen molar-refractivity contribution in [2.24, 2.45) is 0 Å². The number of hydrogen-bond acceptors (Lipinski definition) is 2. The molecule has 0 fully saturated rings. The fraction of sp³-hybridized carbons (Fsp3) is 0.296. The van der Waals surface area contributed by atoms with Gasteiger partial charge in [-0.15, -0.1) is 0 Å². The molecule has 30 heavy (non-hydrogen) atoms. The Kier molecular flexibility index (Phi) is 5.98. The summed E-state index contributed by atoms with van der Waals surface area (Å²) in [5.74, 6) is -1.02. The Labute approximate surface area is 177 Å². The molecule has 154 valence electrons. The van der Waals surface area contributed by atoms with Crippen molar-refractivity contribution in [2.75, 3.05) is 0 Å². The lowest BCUT2D eigenvalue weighted by atomic mass is 9.88. The standard InChI is InChI=1S/C27H27FO2/c1-3-4-22-15-16-23-17-24(27(29)30-26(23)25(22)28)21-13-11-20(12-14-21)10-9-19-7-5-18(2)6-8-19/h5-8,11-16,24H,3-4,9-10,17H2,1-2H3. The predicted octanol–water partition coefficient (Wildman–Crippen LogP) is 6.12. The number of fused-ring (bicyclic) bond motifs is 1. The van der Waals surface area contributed by atoms with Crippen LogP contribution in [0.1, 0.15) is 52.6 Å². The highest BCUT2D eigenvalue weighted by Crippen LogP contribution is 2.36. The summed E-state index contributed by atoms with van der Waals surface area (Å²) in [5.41, 5.74) is 6.12. The number of rotatable bonds is 6. The minimum atomic E-state index is -0.389. The number of halogens is 1. The topological polar surface area (TPSA) is 26.3 Å². The van der Waals surface area contributed by atoms with E-state index in [0.717, 1.165) is 30.4 Å². The molecule has 1 heterocycles. The fourth-order valence-electron chi connectivity index (χ4n) is 4.06. The molecular weight excluding hydrogens is 375 g/mol. The molecule has 0 bridgehead atoms. The van der Waals surface area contributed by atoms with Gasteiger partial charge in [0, 0.05) is 0 Å². The predicted molar refractivity (Wildman–Crippen MR) is 118 cm³/mol. The van der Waals surface area contributed by atoms with E-state index in [1.165, 1.54) is 16.7 Å². The highest BCUT2D eigenvalue weighted by molar-refractivity contribution is 5.83. The maximum absolute atomic E-state index is 14.7. The minimum absolute atomic E-state index is 0.122. The zero-order valence-corrected chi connectivity index (χ0v) is 17.6. The number of aryl methyl sites for hydroxylation is 4. The normalized spacial score (nSPS) is 15.6. The van der Waals surface area contributed by atoms with Gasteiger partial charge in [-0.1, -0.05) is 79.6 Å². The molecule has 3 aromatic carbocycles. The first-order chi connectivity index (χ1) is 14.5. The van der Waals surface area contributed by atoms with Crippen LogP contribution in [0, 0.1) is 12.7 Å². The lowest BCUT2D eigenvalue weighted by Crippen LogP contribution is -2.27. The molecule has 2 nitrogen and oxygen atoms in total. The summed E-state index contributed by atoms with van der Waals surface area (Å²) in [4.78, 5) is 12.6. The molecule has 0 spiro atoms. The Morgan fingerprint density at radius 3 is 2.17 bits per heavy atom. The van der Waals surface area contributed by atoms with Gasteiger partial charge in [-0.25, -0.2) is 4.39 Å². The smallest absolute Gasteiger partial charge is 0.319 e. The van der Waals surface area contributed by atoms with Crippen molar-refractivity contribution >= 4 is 5.97 Å². The maximum Gasteiger partial charge on any atom is 0.319 e. The second-order valence-electron chi connectivity index (χ2n) is 8.18. The van der Waals surface area contributed by atoms with Crippen molar-refractivity contribution in [3.05, 3.63) is 99.9 Å². The Balaban J connectivity index is 1.46. The number of benzene rings is 3. The van der Waals surface area contributed by atoms with E-state index in [2.05, 4.69) is 43.3 Å². The fourth-order valence-corrected chi connectivity index (χ4v) is 4.06. The van der Waals surface area contributed by atoms with Gasteiger partial charge in [0.05, 0.1) is 5.92 Å². The van der Waals surface area contributed by atoms with E-state index < -0.39 is 0 Å². The molecule has 0 aliphatic carbocycles. The average Bonchev–Trinajstić information content (AvgIpc) is 2.76. The van der Waals surface area contributed by atoms with Crippen LogP contribution in [0.5, 0.6) is 5.75 Å². The van der Waals surface area contributed by atoms with Gasteiger partial charge in [-0.2, -0.15) is 0 Å². The van der Waals surface area contributed by atoms with Crippen LogP contribution in [-0.2, 0) is 30.5 Å². The Bertz CT molecular complexity index is 1040. The first kappa shape index (κ1) is 20.3. The Hall–Kier alpha value is -2.94. The molecule has 1 unspecified atom stereocenters. The number of esters is 1. The lowest BCUT2D eigenvalue weighted by Gasteiger charge is -2.25. The van der Waals surface area contributed by atoms with Gasteiger partial charge >= 0.3 is 5.97 Å².